The van der Waals surface area contributed by atoms with Gasteiger partial charge in [0.05, 0.1) is 0 Å². The van der Waals surface area contributed by atoms with E-state index in [-0.39, 0.29) is 0 Å². The fourth-order valence-corrected chi connectivity index (χ4v) is 1.15. The molecule has 3 nitrogen and oxygen atoms in total. The van der Waals surface area contributed by atoms with Gasteiger partial charge in [-0.15, -0.1) is 0 Å². The molecule has 3 heteroatoms. The summed E-state index contributed by atoms with van der Waals surface area (Å²) >= 11 is 0. The van der Waals surface area contributed by atoms with Gasteiger partial charge in [-0.3, -0.25) is 4.79 Å². The van der Waals surface area contributed by atoms with Gasteiger partial charge in [-0.05, 0) is 25.7 Å². The number of carbonyl (C=O) groups is 1. The van der Waals surface area contributed by atoms with E-state index in [0.717, 1.165) is 12.8 Å². The Morgan fingerprint density at radius 1 is 1.36 bits per heavy atom. The lowest BCUT2D eigenvalue weighted by Gasteiger charge is -2.02. The van der Waals surface area contributed by atoms with E-state index >= 15 is 0 Å². The normalized spacial score (nSPS) is 13.3. The molecule has 0 radical (unpaired) electrons. The second-order valence-electron chi connectivity index (χ2n) is 3.49. The number of unbranched alkanes of at least 4 members (excludes halogenated alkanes) is 3. The molecule has 1 atom stereocenters. The zero-order chi connectivity index (χ0) is 10.8. The largest absolute Gasteiger partial charge is 0.480 e. The van der Waals surface area contributed by atoms with Crippen LogP contribution in [0.2, 0.25) is 0 Å². The summed E-state index contributed by atoms with van der Waals surface area (Å²) in [6.07, 6.45) is 10.2. The van der Waals surface area contributed by atoms with E-state index in [0.29, 0.717) is 6.42 Å². The lowest BCUT2D eigenvalue weighted by atomic mass is 10.1. The van der Waals surface area contributed by atoms with Gasteiger partial charge in [-0.25, -0.2) is 0 Å². The molecular formula is C11H21NO2. The maximum Gasteiger partial charge on any atom is 0.320 e. The summed E-state index contributed by atoms with van der Waals surface area (Å²) in [4.78, 5) is 10.4. The highest BCUT2D eigenvalue weighted by Crippen LogP contribution is 2.02. The molecule has 0 amide bonds. The number of aliphatic carboxylic acids is 1. The Morgan fingerprint density at radius 3 is 2.57 bits per heavy atom. The van der Waals surface area contributed by atoms with E-state index in [1.807, 2.05) is 6.08 Å². The molecule has 0 rings (SSSR count). The number of nitrogens with two attached hydrogens (primary N) is 1. The molecule has 82 valence electrons. The van der Waals surface area contributed by atoms with Crippen LogP contribution in [0.4, 0.5) is 0 Å². The van der Waals surface area contributed by atoms with E-state index in [2.05, 4.69) is 13.0 Å². The molecule has 0 spiro atoms. The third kappa shape index (κ3) is 7.80. The molecular weight excluding hydrogens is 178 g/mol. The van der Waals surface area contributed by atoms with Gasteiger partial charge in [0.2, 0.25) is 0 Å². The Morgan fingerprint density at radius 2 is 2.00 bits per heavy atom. The van der Waals surface area contributed by atoms with Gasteiger partial charge < -0.3 is 10.8 Å². The molecule has 0 aliphatic rings. The van der Waals surface area contributed by atoms with Crippen LogP contribution in [0.3, 0.4) is 0 Å². The summed E-state index contributed by atoms with van der Waals surface area (Å²) < 4.78 is 0. The highest BCUT2D eigenvalue weighted by Gasteiger charge is 2.08. The van der Waals surface area contributed by atoms with Gasteiger partial charge in [0, 0.05) is 0 Å². The molecule has 0 unspecified atom stereocenters. The van der Waals surface area contributed by atoms with Crippen LogP contribution in [-0.2, 0) is 4.79 Å². The molecule has 0 aliphatic heterocycles. The predicted molar refractivity (Wildman–Crippen MR) is 58.1 cm³/mol. The van der Waals surface area contributed by atoms with Crippen molar-refractivity contribution in [1.29, 1.82) is 0 Å². The van der Waals surface area contributed by atoms with Crippen LogP contribution in [0.1, 0.15) is 45.4 Å². The minimum Gasteiger partial charge on any atom is -0.480 e. The number of allylic oxidation sites excluding steroid dienone is 2. The molecule has 0 aromatic rings. The topological polar surface area (TPSA) is 63.3 Å². The van der Waals surface area contributed by atoms with Crippen molar-refractivity contribution in [1.82, 2.24) is 0 Å². The number of carboxylic acids is 1. The van der Waals surface area contributed by atoms with Crippen LogP contribution >= 0.6 is 0 Å². The molecule has 0 bridgehead atoms. The first-order valence-electron chi connectivity index (χ1n) is 5.31. The molecule has 0 saturated carbocycles. The SMILES string of the molecule is CCCCC/C=C\CC[C@H](N)C(=O)O. The first-order valence-corrected chi connectivity index (χ1v) is 5.31. The first-order chi connectivity index (χ1) is 6.68. The van der Waals surface area contributed by atoms with E-state index in [4.69, 9.17) is 10.8 Å². The Kier molecular flexibility index (Phi) is 8.24. The van der Waals surface area contributed by atoms with E-state index in [9.17, 15) is 4.79 Å². The van der Waals surface area contributed by atoms with Crippen molar-refractivity contribution >= 4 is 5.97 Å². The zero-order valence-corrected chi connectivity index (χ0v) is 8.91. The third-order valence-electron chi connectivity index (χ3n) is 2.10. The highest BCUT2D eigenvalue weighted by atomic mass is 16.4. The number of hydrogen-bond acceptors (Lipinski definition) is 2. The standard InChI is InChI=1S/C11H21NO2/c1-2-3-4-5-6-7-8-9-10(12)11(13)14/h6-7,10H,2-5,8-9,12H2,1H3,(H,13,14)/b7-6-/t10-/m0/s1. The van der Waals surface area contributed by atoms with Crippen LogP contribution in [-0.4, -0.2) is 17.1 Å². The van der Waals surface area contributed by atoms with Gasteiger partial charge in [0.15, 0.2) is 0 Å². The van der Waals surface area contributed by atoms with Crippen LogP contribution < -0.4 is 5.73 Å². The molecule has 0 heterocycles. The molecule has 14 heavy (non-hydrogen) atoms. The first kappa shape index (κ1) is 13.2. The number of carboxylic acid groups (broad SMARTS) is 1. The number of hydrogen-bond donors (Lipinski definition) is 2. The highest BCUT2D eigenvalue weighted by molar-refractivity contribution is 5.72. The van der Waals surface area contributed by atoms with Gasteiger partial charge in [0.1, 0.15) is 6.04 Å². The fourth-order valence-electron chi connectivity index (χ4n) is 1.15. The van der Waals surface area contributed by atoms with Crippen LogP contribution in [0.25, 0.3) is 0 Å². The Bertz CT molecular complexity index is 178. The van der Waals surface area contributed by atoms with Crippen molar-refractivity contribution in [2.45, 2.75) is 51.5 Å². The van der Waals surface area contributed by atoms with Gasteiger partial charge >= 0.3 is 5.97 Å². The predicted octanol–water partition coefficient (Wildman–Crippen LogP) is 2.31. The maximum absolute atomic E-state index is 10.4. The fraction of sp³-hybridized carbons (Fsp3) is 0.727. The van der Waals surface area contributed by atoms with Crippen molar-refractivity contribution < 1.29 is 9.90 Å². The maximum atomic E-state index is 10.4. The summed E-state index contributed by atoms with van der Waals surface area (Å²) in [5.41, 5.74) is 5.35. The zero-order valence-electron chi connectivity index (χ0n) is 8.91. The second-order valence-corrected chi connectivity index (χ2v) is 3.49. The second kappa shape index (κ2) is 8.75. The van der Waals surface area contributed by atoms with Gasteiger partial charge in [0.25, 0.3) is 0 Å². The molecule has 0 aromatic heterocycles. The Hall–Kier alpha value is -0.830. The molecule has 0 fully saturated rings. The molecule has 3 N–H and O–H groups in total. The molecule has 0 aliphatic carbocycles. The van der Waals surface area contributed by atoms with E-state index in [1.54, 1.807) is 0 Å². The molecule has 0 saturated heterocycles. The van der Waals surface area contributed by atoms with Crippen molar-refractivity contribution in [2.75, 3.05) is 0 Å². The molecule has 0 aromatic carbocycles. The van der Waals surface area contributed by atoms with Gasteiger partial charge in [-0.1, -0.05) is 31.9 Å². The Balaban J connectivity index is 3.30. The van der Waals surface area contributed by atoms with Gasteiger partial charge in [-0.2, -0.15) is 0 Å². The average molecular weight is 199 g/mol. The minimum atomic E-state index is -0.913. The van der Waals surface area contributed by atoms with Crippen LogP contribution in [0, 0.1) is 0 Å². The summed E-state index contributed by atoms with van der Waals surface area (Å²) in [7, 11) is 0. The van der Waals surface area contributed by atoms with Crippen molar-refractivity contribution in [3.63, 3.8) is 0 Å². The third-order valence-corrected chi connectivity index (χ3v) is 2.10. The van der Waals surface area contributed by atoms with Crippen LogP contribution in [0.15, 0.2) is 12.2 Å². The summed E-state index contributed by atoms with van der Waals surface area (Å²) in [5, 5.41) is 8.51. The number of rotatable bonds is 8. The average Bonchev–Trinajstić information content (AvgIpc) is 2.16. The Labute approximate surface area is 86.0 Å². The van der Waals surface area contributed by atoms with Crippen LogP contribution in [0.5, 0.6) is 0 Å². The summed E-state index contributed by atoms with van der Waals surface area (Å²) in [5.74, 6) is -0.913. The minimum absolute atomic E-state index is 0.527. The lowest BCUT2D eigenvalue weighted by Crippen LogP contribution is -2.29. The monoisotopic (exact) mass is 199 g/mol. The van der Waals surface area contributed by atoms with Crippen molar-refractivity contribution in [2.24, 2.45) is 5.73 Å². The summed E-state index contributed by atoms with van der Waals surface area (Å²) in [6, 6.07) is -0.713. The van der Waals surface area contributed by atoms with Crippen molar-refractivity contribution in [3.05, 3.63) is 12.2 Å². The van der Waals surface area contributed by atoms with E-state index < -0.39 is 12.0 Å². The quantitative estimate of drug-likeness (QED) is 0.466. The lowest BCUT2D eigenvalue weighted by molar-refractivity contribution is -0.138. The van der Waals surface area contributed by atoms with E-state index in [1.165, 1.54) is 19.3 Å². The summed E-state index contributed by atoms with van der Waals surface area (Å²) in [6.45, 7) is 2.18. The smallest absolute Gasteiger partial charge is 0.320 e. The van der Waals surface area contributed by atoms with Crippen molar-refractivity contribution in [3.8, 4) is 0 Å².